The van der Waals surface area contributed by atoms with Crippen LogP contribution in [0.15, 0.2) is 48.5 Å². The van der Waals surface area contributed by atoms with Gasteiger partial charge >= 0.3 is 0 Å². The Labute approximate surface area is 151 Å². The number of rotatable bonds is 5. The van der Waals surface area contributed by atoms with Gasteiger partial charge in [-0.3, -0.25) is 10.1 Å². The largest absolute Gasteiger partial charge is 0.454 e. The molecule has 1 aliphatic heterocycles. The van der Waals surface area contributed by atoms with Crippen molar-refractivity contribution in [3.8, 4) is 11.5 Å². The van der Waals surface area contributed by atoms with E-state index in [1.807, 2.05) is 47.0 Å². The van der Waals surface area contributed by atoms with Crippen LogP contribution in [0.3, 0.4) is 0 Å². The number of aromatic nitrogens is 2. The molecule has 6 heteroatoms. The zero-order chi connectivity index (χ0) is 17.9. The fraction of sp³-hybridized carbons (Fsp3) is 0.200. The number of hydrogen-bond acceptors (Lipinski definition) is 4. The summed E-state index contributed by atoms with van der Waals surface area (Å²) in [6.45, 7) is 3.12. The van der Waals surface area contributed by atoms with Gasteiger partial charge in [-0.05, 0) is 42.3 Å². The lowest BCUT2D eigenvalue weighted by atomic mass is 10.2. The number of fused-ring (bicyclic) bond motifs is 2. The highest BCUT2D eigenvalue weighted by Crippen LogP contribution is 2.32. The Morgan fingerprint density at radius 3 is 2.96 bits per heavy atom. The van der Waals surface area contributed by atoms with Crippen molar-refractivity contribution in [3.05, 3.63) is 54.1 Å². The monoisotopic (exact) mass is 349 g/mol. The number of aryl methyl sites for hydroxylation is 1. The summed E-state index contributed by atoms with van der Waals surface area (Å²) < 4.78 is 12.7. The van der Waals surface area contributed by atoms with E-state index in [2.05, 4.69) is 17.2 Å². The number of ether oxygens (including phenoxy) is 2. The highest BCUT2D eigenvalue weighted by Gasteiger charge is 2.13. The van der Waals surface area contributed by atoms with Crippen molar-refractivity contribution < 1.29 is 14.3 Å². The normalized spacial score (nSPS) is 12.8. The molecule has 26 heavy (non-hydrogen) atoms. The van der Waals surface area contributed by atoms with E-state index in [1.165, 1.54) is 6.08 Å². The number of carbonyl (C=O) groups is 1. The molecule has 0 radical (unpaired) electrons. The van der Waals surface area contributed by atoms with E-state index < -0.39 is 0 Å². The molecule has 2 aromatic carbocycles. The molecule has 6 nitrogen and oxygen atoms in total. The van der Waals surface area contributed by atoms with Crippen molar-refractivity contribution in [2.24, 2.45) is 0 Å². The van der Waals surface area contributed by atoms with Gasteiger partial charge in [0.1, 0.15) is 0 Å². The van der Waals surface area contributed by atoms with Gasteiger partial charge in [0.2, 0.25) is 12.7 Å². The molecule has 1 aliphatic rings. The van der Waals surface area contributed by atoms with Gasteiger partial charge in [0.15, 0.2) is 11.5 Å². The van der Waals surface area contributed by atoms with Crippen molar-refractivity contribution in [3.63, 3.8) is 0 Å². The minimum atomic E-state index is -0.227. The lowest BCUT2D eigenvalue weighted by Gasteiger charge is -2.07. The van der Waals surface area contributed by atoms with Crippen molar-refractivity contribution >= 4 is 29.0 Å². The summed E-state index contributed by atoms with van der Waals surface area (Å²) in [6.07, 6.45) is 4.19. The molecule has 1 amide bonds. The molecular formula is C20H19N3O3. The van der Waals surface area contributed by atoms with Crippen LogP contribution in [0.25, 0.3) is 17.1 Å². The standard InChI is InChI=1S/C20H19N3O3/c1-2-11-23-16-6-4-3-5-15(16)21-20(23)22-19(24)10-8-14-7-9-17-18(12-14)26-13-25-17/h3-10,12H,2,11,13H2,1H3,(H,21,22,24)/b10-8+. The summed E-state index contributed by atoms with van der Waals surface area (Å²) in [5.74, 6) is 1.75. The Morgan fingerprint density at radius 2 is 2.08 bits per heavy atom. The van der Waals surface area contributed by atoms with Crippen LogP contribution in [-0.2, 0) is 11.3 Å². The van der Waals surface area contributed by atoms with E-state index in [0.717, 1.165) is 35.3 Å². The highest BCUT2D eigenvalue weighted by molar-refractivity contribution is 6.01. The first-order valence-corrected chi connectivity index (χ1v) is 8.58. The summed E-state index contributed by atoms with van der Waals surface area (Å²) in [5, 5.41) is 2.88. The molecule has 4 rings (SSSR count). The molecular weight excluding hydrogens is 330 g/mol. The van der Waals surface area contributed by atoms with Crippen molar-refractivity contribution in [1.29, 1.82) is 0 Å². The Morgan fingerprint density at radius 1 is 1.23 bits per heavy atom. The first kappa shape index (κ1) is 16.2. The zero-order valence-electron chi connectivity index (χ0n) is 14.4. The van der Waals surface area contributed by atoms with E-state index in [0.29, 0.717) is 11.7 Å². The molecule has 2 heterocycles. The summed E-state index contributed by atoms with van der Waals surface area (Å²) in [7, 11) is 0. The number of hydrogen-bond donors (Lipinski definition) is 1. The molecule has 0 spiro atoms. The van der Waals surface area contributed by atoms with Crippen LogP contribution in [0.1, 0.15) is 18.9 Å². The van der Waals surface area contributed by atoms with E-state index in [9.17, 15) is 4.79 Å². The van der Waals surface area contributed by atoms with Crippen LogP contribution in [-0.4, -0.2) is 22.3 Å². The van der Waals surface area contributed by atoms with E-state index >= 15 is 0 Å². The first-order valence-electron chi connectivity index (χ1n) is 8.58. The van der Waals surface area contributed by atoms with Crippen molar-refractivity contribution in [1.82, 2.24) is 9.55 Å². The first-order chi connectivity index (χ1) is 12.7. The molecule has 0 bridgehead atoms. The van der Waals surface area contributed by atoms with Gasteiger partial charge in [-0.1, -0.05) is 25.1 Å². The maximum Gasteiger partial charge on any atom is 0.250 e. The van der Waals surface area contributed by atoms with Gasteiger partial charge in [-0.2, -0.15) is 0 Å². The van der Waals surface area contributed by atoms with Gasteiger partial charge in [-0.15, -0.1) is 0 Å². The average Bonchev–Trinajstić information content (AvgIpc) is 3.25. The van der Waals surface area contributed by atoms with Gasteiger partial charge in [-0.25, -0.2) is 4.98 Å². The molecule has 0 saturated heterocycles. The van der Waals surface area contributed by atoms with Crippen LogP contribution in [0.5, 0.6) is 11.5 Å². The topological polar surface area (TPSA) is 65.4 Å². The Kier molecular flexibility index (Phi) is 4.31. The van der Waals surface area contributed by atoms with Crippen LogP contribution >= 0.6 is 0 Å². The second kappa shape index (κ2) is 6.92. The van der Waals surface area contributed by atoms with Gasteiger partial charge in [0.25, 0.3) is 5.91 Å². The summed E-state index contributed by atoms with van der Waals surface area (Å²) in [5.41, 5.74) is 2.76. The minimum Gasteiger partial charge on any atom is -0.454 e. The molecule has 0 aliphatic carbocycles. The number of amides is 1. The number of anilines is 1. The second-order valence-electron chi connectivity index (χ2n) is 6.01. The molecule has 132 valence electrons. The fourth-order valence-corrected chi connectivity index (χ4v) is 2.96. The molecule has 1 aromatic heterocycles. The van der Waals surface area contributed by atoms with Crippen LogP contribution in [0.2, 0.25) is 0 Å². The van der Waals surface area contributed by atoms with Crippen LogP contribution < -0.4 is 14.8 Å². The summed E-state index contributed by atoms with van der Waals surface area (Å²) >= 11 is 0. The molecule has 3 aromatic rings. The van der Waals surface area contributed by atoms with Crippen LogP contribution in [0.4, 0.5) is 5.95 Å². The highest BCUT2D eigenvalue weighted by atomic mass is 16.7. The molecule has 0 saturated carbocycles. The van der Waals surface area contributed by atoms with Gasteiger partial charge < -0.3 is 14.0 Å². The number of imidazole rings is 1. The summed E-state index contributed by atoms with van der Waals surface area (Å²) in [4.78, 5) is 16.9. The van der Waals surface area contributed by atoms with Crippen molar-refractivity contribution in [2.75, 3.05) is 12.1 Å². The lowest BCUT2D eigenvalue weighted by molar-refractivity contribution is -0.111. The molecule has 0 atom stereocenters. The van der Waals surface area contributed by atoms with E-state index in [1.54, 1.807) is 6.08 Å². The SMILES string of the molecule is CCCn1c(NC(=O)/C=C/c2ccc3c(c2)OCO3)nc2ccccc21. The zero-order valence-corrected chi connectivity index (χ0v) is 14.4. The third kappa shape index (κ3) is 3.13. The molecule has 0 unspecified atom stereocenters. The summed E-state index contributed by atoms with van der Waals surface area (Å²) in [6, 6.07) is 13.4. The number of nitrogens with zero attached hydrogens (tertiary/aromatic N) is 2. The number of para-hydroxylation sites is 2. The number of benzene rings is 2. The average molecular weight is 349 g/mol. The van der Waals surface area contributed by atoms with Crippen LogP contribution in [0, 0.1) is 0 Å². The maximum absolute atomic E-state index is 12.3. The smallest absolute Gasteiger partial charge is 0.250 e. The third-order valence-electron chi connectivity index (χ3n) is 4.16. The number of carbonyl (C=O) groups excluding carboxylic acids is 1. The number of nitrogens with one attached hydrogen (secondary N) is 1. The fourth-order valence-electron chi connectivity index (χ4n) is 2.96. The maximum atomic E-state index is 12.3. The lowest BCUT2D eigenvalue weighted by Crippen LogP contribution is -2.13. The second-order valence-corrected chi connectivity index (χ2v) is 6.01. The van der Waals surface area contributed by atoms with E-state index in [4.69, 9.17) is 9.47 Å². The van der Waals surface area contributed by atoms with Gasteiger partial charge in [0.05, 0.1) is 11.0 Å². The quantitative estimate of drug-likeness (QED) is 0.711. The molecule has 1 N–H and O–H groups in total. The third-order valence-corrected chi connectivity index (χ3v) is 4.16. The Hall–Kier alpha value is -3.28. The van der Waals surface area contributed by atoms with Gasteiger partial charge in [0, 0.05) is 12.6 Å². The Bertz CT molecular complexity index is 991. The minimum absolute atomic E-state index is 0.227. The van der Waals surface area contributed by atoms with Crippen molar-refractivity contribution in [2.45, 2.75) is 19.9 Å². The Balaban J connectivity index is 1.53. The van der Waals surface area contributed by atoms with E-state index in [-0.39, 0.29) is 12.7 Å². The molecule has 0 fully saturated rings. The predicted molar refractivity (Wildman–Crippen MR) is 100 cm³/mol. The predicted octanol–water partition coefficient (Wildman–Crippen LogP) is 3.83.